The first-order chi connectivity index (χ1) is 13.5. The maximum atomic E-state index is 12.1. The molecule has 1 atom stereocenters. The molecule has 8 nitrogen and oxygen atoms in total. The topological polar surface area (TPSA) is 114 Å². The van der Waals surface area contributed by atoms with Crippen LogP contribution in [0, 0.1) is 0 Å². The summed E-state index contributed by atoms with van der Waals surface area (Å²) in [6.45, 7) is 1.68. The van der Waals surface area contributed by atoms with Gasteiger partial charge in [-0.05, 0) is 62.0 Å². The van der Waals surface area contributed by atoms with Crippen molar-refractivity contribution >= 4 is 41.0 Å². The molecule has 1 aromatic rings. The summed E-state index contributed by atoms with van der Waals surface area (Å²) in [6.07, 6.45) is 5.94. The Hall–Kier alpha value is -2.42. The highest BCUT2D eigenvalue weighted by Gasteiger charge is 2.22. The fourth-order valence-corrected chi connectivity index (χ4v) is 3.47. The fraction of sp³-hybridized carbons (Fsp3) is 0.526. The lowest BCUT2D eigenvalue weighted by atomic mass is 10.1. The van der Waals surface area contributed by atoms with Gasteiger partial charge in [0, 0.05) is 24.5 Å². The highest BCUT2D eigenvalue weighted by Crippen LogP contribution is 2.21. The number of benzene rings is 1. The predicted octanol–water partition coefficient (Wildman–Crippen LogP) is 1.95. The van der Waals surface area contributed by atoms with Crippen LogP contribution in [0.5, 0.6) is 0 Å². The number of carbonyl (C=O) groups is 3. The van der Waals surface area contributed by atoms with Crippen molar-refractivity contribution in [1.29, 1.82) is 0 Å². The smallest absolute Gasteiger partial charge is 0.329 e. The van der Waals surface area contributed by atoms with E-state index in [4.69, 9.17) is 10.5 Å². The Morgan fingerprint density at radius 2 is 1.86 bits per heavy atom. The van der Waals surface area contributed by atoms with E-state index in [9.17, 15) is 14.4 Å². The minimum Gasteiger partial charge on any atom is -0.454 e. The standard InChI is InChI=1S/C19H28N4O4S/c1-28-12-9-16(22-19(20)26)18(25)27-13-17(24)21-14-5-7-15(8-6-14)23-10-3-2-4-11-23/h5-8,16H,2-4,9-13H2,1H3,(H,21,24)(H3,20,22,26)/t16-/m0/s1. The number of nitrogens with two attached hydrogens (primary N) is 1. The van der Waals surface area contributed by atoms with Crippen molar-refractivity contribution < 1.29 is 19.1 Å². The summed E-state index contributed by atoms with van der Waals surface area (Å²) in [5.41, 5.74) is 6.85. The van der Waals surface area contributed by atoms with Gasteiger partial charge in [-0.1, -0.05) is 0 Å². The highest BCUT2D eigenvalue weighted by atomic mass is 32.2. The summed E-state index contributed by atoms with van der Waals surface area (Å²) >= 11 is 1.53. The van der Waals surface area contributed by atoms with Crippen molar-refractivity contribution in [1.82, 2.24) is 5.32 Å². The van der Waals surface area contributed by atoms with Crippen LogP contribution in [-0.4, -0.2) is 55.7 Å². The van der Waals surface area contributed by atoms with Gasteiger partial charge in [-0.15, -0.1) is 0 Å². The molecular weight excluding hydrogens is 380 g/mol. The molecule has 1 saturated heterocycles. The number of urea groups is 1. The predicted molar refractivity (Wildman–Crippen MR) is 112 cm³/mol. The van der Waals surface area contributed by atoms with Crippen molar-refractivity contribution in [3.05, 3.63) is 24.3 Å². The number of primary amides is 1. The van der Waals surface area contributed by atoms with Crippen molar-refractivity contribution in [2.45, 2.75) is 31.7 Å². The van der Waals surface area contributed by atoms with Crippen LogP contribution >= 0.6 is 11.8 Å². The second kappa shape index (κ2) is 11.4. The largest absolute Gasteiger partial charge is 0.454 e. The molecule has 1 aliphatic rings. The molecule has 1 aromatic carbocycles. The van der Waals surface area contributed by atoms with Gasteiger partial charge in [0.15, 0.2) is 6.61 Å². The Morgan fingerprint density at radius 1 is 1.18 bits per heavy atom. The van der Waals surface area contributed by atoms with Crippen molar-refractivity contribution in [2.75, 3.05) is 41.9 Å². The number of esters is 1. The van der Waals surface area contributed by atoms with Gasteiger partial charge in [0.2, 0.25) is 0 Å². The number of piperidine rings is 1. The lowest BCUT2D eigenvalue weighted by molar-refractivity contribution is -0.149. The van der Waals surface area contributed by atoms with Crippen LogP contribution in [0.2, 0.25) is 0 Å². The number of nitrogens with zero attached hydrogens (tertiary/aromatic N) is 1. The monoisotopic (exact) mass is 408 g/mol. The van der Waals surface area contributed by atoms with Crippen molar-refractivity contribution in [2.24, 2.45) is 5.73 Å². The van der Waals surface area contributed by atoms with Crippen LogP contribution in [-0.2, 0) is 14.3 Å². The minimum atomic E-state index is -0.860. The summed E-state index contributed by atoms with van der Waals surface area (Å²) in [7, 11) is 0. The molecule has 154 valence electrons. The van der Waals surface area contributed by atoms with E-state index >= 15 is 0 Å². The molecule has 3 amide bonds. The number of carbonyl (C=O) groups excluding carboxylic acids is 3. The van der Waals surface area contributed by atoms with E-state index in [0.29, 0.717) is 17.9 Å². The maximum Gasteiger partial charge on any atom is 0.329 e. The van der Waals surface area contributed by atoms with Gasteiger partial charge in [-0.2, -0.15) is 11.8 Å². The van der Waals surface area contributed by atoms with E-state index in [0.717, 1.165) is 18.8 Å². The Morgan fingerprint density at radius 3 is 2.46 bits per heavy atom. The number of ether oxygens (including phenoxy) is 1. The lowest BCUT2D eigenvalue weighted by Crippen LogP contribution is -2.45. The molecule has 1 heterocycles. The number of thioether (sulfide) groups is 1. The average Bonchev–Trinajstić information content (AvgIpc) is 2.70. The molecule has 1 fully saturated rings. The van der Waals surface area contributed by atoms with Crippen LogP contribution < -0.4 is 21.3 Å². The lowest BCUT2D eigenvalue weighted by Gasteiger charge is -2.28. The second-order valence-corrected chi connectivity index (χ2v) is 7.58. The first-order valence-corrected chi connectivity index (χ1v) is 10.8. The molecule has 0 bridgehead atoms. The van der Waals surface area contributed by atoms with E-state index in [2.05, 4.69) is 15.5 Å². The van der Waals surface area contributed by atoms with Gasteiger partial charge in [0.1, 0.15) is 6.04 Å². The van der Waals surface area contributed by atoms with Crippen LogP contribution in [0.25, 0.3) is 0 Å². The first kappa shape index (κ1) is 21.9. The zero-order valence-electron chi connectivity index (χ0n) is 16.1. The van der Waals surface area contributed by atoms with Crippen molar-refractivity contribution in [3.8, 4) is 0 Å². The van der Waals surface area contributed by atoms with Gasteiger partial charge in [-0.3, -0.25) is 4.79 Å². The Bertz CT molecular complexity index is 662. The molecule has 0 saturated carbocycles. The van der Waals surface area contributed by atoms with E-state index < -0.39 is 30.6 Å². The Balaban J connectivity index is 1.80. The van der Waals surface area contributed by atoms with Crippen LogP contribution in [0.3, 0.4) is 0 Å². The molecule has 2 rings (SSSR count). The third kappa shape index (κ3) is 7.30. The molecule has 0 radical (unpaired) electrons. The maximum absolute atomic E-state index is 12.1. The molecule has 0 spiro atoms. The molecule has 0 aromatic heterocycles. The van der Waals surface area contributed by atoms with E-state index in [1.165, 1.54) is 31.0 Å². The number of hydrogen-bond donors (Lipinski definition) is 3. The molecular formula is C19H28N4O4S. The molecule has 9 heteroatoms. The average molecular weight is 409 g/mol. The van der Waals surface area contributed by atoms with Gasteiger partial charge in [0.25, 0.3) is 5.91 Å². The Labute approximate surface area is 169 Å². The number of amides is 3. The van der Waals surface area contributed by atoms with Crippen molar-refractivity contribution in [3.63, 3.8) is 0 Å². The third-order valence-electron chi connectivity index (χ3n) is 4.43. The SMILES string of the molecule is CSCC[C@H](NC(N)=O)C(=O)OCC(=O)Nc1ccc(N2CCCCC2)cc1. The summed E-state index contributed by atoms with van der Waals surface area (Å²) in [5, 5.41) is 5.04. The number of anilines is 2. The second-order valence-electron chi connectivity index (χ2n) is 6.59. The third-order valence-corrected chi connectivity index (χ3v) is 5.07. The quantitative estimate of drug-likeness (QED) is 0.538. The van der Waals surface area contributed by atoms with Crippen LogP contribution in [0.15, 0.2) is 24.3 Å². The molecule has 4 N–H and O–H groups in total. The molecule has 0 unspecified atom stereocenters. The van der Waals surface area contributed by atoms with Gasteiger partial charge in [0.05, 0.1) is 0 Å². The number of hydrogen-bond acceptors (Lipinski definition) is 6. The molecule has 0 aliphatic carbocycles. The van der Waals surface area contributed by atoms with Crippen LogP contribution in [0.1, 0.15) is 25.7 Å². The first-order valence-electron chi connectivity index (χ1n) is 9.36. The normalized spacial score (nSPS) is 14.8. The summed E-state index contributed by atoms with van der Waals surface area (Å²) in [6, 6.07) is 5.95. The minimum absolute atomic E-state index is 0.378. The Kier molecular flexibility index (Phi) is 8.93. The molecule has 1 aliphatic heterocycles. The van der Waals surface area contributed by atoms with Gasteiger partial charge in [-0.25, -0.2) is 9.59 Å². The zero-order valence-corrected chi connectivity index (χ0v) is 16.9. The van der Waals surface area contributed by atoms with Crippen LogP contribution in [0.4, 0.5) is 16.2 Å². The molecule has 28 heavy (non-hydrogen) atoms. The number of rotatable bonds is 9. The zero-order chi connectivity index (χ0) is 20.4. The summed E-state index contributed by atoms with van der Waals surface area (Å²) < 4.78 is 5.02. The summed E-state index contributed by atoms with van der Waals surface area (Å²) in [4.78, 5) is 37.5. The van der Waals surface area contributed by atoms with E-state index in [1.54, 1.807) is 0 Å². The van der Waals surface area contributed by atoms with Gasteiger partial charge >= 0.3 is 12.0 Å². The number of nitrogens with one attached hydrogen (secondary N) is 2. The fourth-order valence-electron chi connectivity index (χ4n) is 3.00. The summed E-state index contributed by atoms with van der Waals surface area (Å²) in [5.74, 6) is -0.472. The van der Waals surface area contributed by atoms with E-state index in [-0.39, 0.29) is 0 Å². The van der Waals surface area contributed by atoms with E-state index in [1.807, 2.05) is 30.5 Å². The highest BCUT2D eigenvalue weighted by molar-refractivity contribution is 7.98. The van der Waals surface area contributed by atoms with Gasteiger partial charge < -0.3 is 26.0 Å².